The Kier molecular flexibility index (Phi) is 4.85. The summed E-state index contributed by atoms with van der Waals surface area (Å²) < 4.78 is 1.52. The summed E-state index contributed by atoms with van der Waals surface area (Å²) in [6, 6.07) is 6.83. The van der Waals surface area contributed by atoms with Crippen molar-refractivity contribution in [1.29, 1.82) is 5.26 Å². The number of benzene rings is 1. The molecule has 17 heavy (non-hydrogen) atoms. The van der Waals surface area contributed by atoms with Crippen LogP contribution in [-0.4, -0.2) is 11.7 Å². The Morgan fingerprint density at radius 3 is 2.53 bits per heavy atom. The highest BCUT2D eigenvalue weighted by atomic mass is 79.9. The summed E-state index contributed by atoms with van der Waals surface area (Å²) >= 11 is 6.55. The standard InChI is InChI=1S/C11H8Br2N2O2/c1-6(16)8(5-14)11(17)15-10-3-2-7(12)4-9(10)13/h2-4,8H,1H3,(H,15,17). The van der Waals surface area contributed by atoms with Crippen molar-refractivity contribution >= 4 is 49.2 Å². The molecular formula is C11H8Br2N2O2. The Morgan fingerprint density at radius 2 is 2.06 bits per heavy atom. The second-order valence-corrected chi connectivity index (χ2v) is 5.06. The number of hydrogen-bond acceptors (Lipinski definition) is 3. The van der Waals surface area contributed by atoms with Crippen molar-refractivity contribution < 1.29 is 9.59 Å². The molecule has 6 heteroatoms. The van der Waals surface area contributed by atoms with Gasteiger partial charge in [-0.2, -0.15) is 5.26 Å². The molecule has 0 fully saturated rings. The second kappa shape index (κ2) is 5.94. The van der Waals surface area contributed by atoms with Gasteiger partial charge in [0.1, 0.15) is 0 Å². The molecule has 0 spiro atoms. The van der Waals surface area contributed by atoms with Crippen LogP contribution in [0.4, 0.5) is 5.69 Å². The van der Waals surface area contributed by atoms with E-state index in [2.05, 4.69) is 37.2 Å². The molecule has 1 atom stereocenters. The first-order valence-corrected chi connectivity index (χ1v) is 6.20. The number of halogens is 2. The number of amides is 1. The number of carbonyl (C=O) groups excluding carboxylic acids is 2. The quantitative estimate of drug-likeness (QED) is 0.843. The zero-order valence-corrected chi connectivity index (χ0v) is 12.0. The minimum absolute atomic E-state index is 0.474. The highest BCUT2D eigenvalue weighted by molar-refractivity contribution is 9.11. The Bertz CT molecular complexity index is 509. The molecular weight excluding hydrogens is 352 g/mol. The highest BCUT2D eigenvalue weighted by Crippen LogP contribution is 2.26. The van der Waals surface area contributed by atoms with Crippen LogP contribution >= 0.6 is 31.9 Å². The predicted octanol–water partition coefficient (Wildman–Crippen LogP) is 2.88. The Labute approximate surface area is 115 Å². The summed E-state index contributed by atoms with van der Waals surface area (Å²) in [4.78, 5) is 22.7. The van der Waals surface area contributed by atoms with E-state index in [0.29, 0.717) is 10.2 Å². The van der Waals surface area contributed by atoms with E-state index < -0.39 is 17.6 Å². The van der Waals surface area contributed by atoms with Crippen LogP contribution < -0.4 is 5.32 Å². The zero-order chi connectivity index (χ0) is 13.0. The summed E-state index contributed by atoms with van der Waals surface area (Å²) in [7, 11) is 0. The monoisotopic (exact) mass is 358 g/mol. The lowest BCUT2D eigenvalue weighted by molar-refractivity contribution is -0.127. The van der Waals surface area contributed by atoms with Gasteiger partial charge in [-0.15, -0.1) is 0 Å². The van der Waals surface area contributed by atoms with Gasteiger partial charge in [-0.05, 0) is 41.1 Å². The number of Topliss-reactive ketones (excluding diaryl/α,β-unsaturated/α-hetero) is 1. The third-order valence-electron chi connectivity index (χ3n) is 1.99. The SMILES string of the molecule is CC(=O)C(C#N)C(=O)Nc1ccc(Br)cc1Br. The van der Waals surface area contributed by atoms with Gasteiger partial charge in [0.15, 0.2) is 11.7 Å². The average Bonchev–Trinajstić information content (AvgIpc) is 2.22. The summed E-state index contributed by atoms with van der Waals surface area (Å²) in [5.74, 6) is -2.37. The van der Waals surface area contributed by atoms with Gasteiger partial charge in [0.25, 0.3) is 0 Å². The molecule has 4 nitrogen and oxygen atoms in total. The van der Waals surface area contributed by atoms with Crippen molar-refractivity contribution in [3.8, 4) is 6.07 Å². The predicted molar refractivity (Wildman–Crippen MR) is 70.3 cm³/mol. The van der Waals surface area contributed by atoms with Gasteiger partial charge < -0.3 is 5.32 Å². The van der Waals surface area contributed by atoms with Gasteiger partial charge in [-0.25, -0.2) is 0 Å². The van der Waals surface area contributed by atoms with Crippen molar-refractivity contribution in [2.75, 3.05) is 5.32 Å². The third kappa shape index (κ3) is 3.65. The topological polar surface area (TPSA) is 70.0 Å². The lowest BCUT2D eigenvalue weighted by Crippen LogP contribution is -2.27. The summed E-state index contributed by atoms with van der Waals surface area (Å²) in [6.07, 6.45) is 0. The summed E-state index contributed by atoms with van der Waals surface area (Å²) in [5.41, 5.74) is 0.514. The molecule has 0 aromatic heterocycles. The molecule has 0 heterocycles. The van der Waals surface area contributed by atoms with Crippen LogP contribution in [0.3, 0.4) is 0 Å². The molecule has 1 N–H and O–H groups in total. The highest BCUT2D eigenvalue weighted by Gasteiger charge is 2.23. The fraction of sp³-hybridized carbons (Fsp3) is 0.182. The number of nitrogens with zero attached hydrogens (tertiary/aromatic N) is 1. The Morgan fingerprint density at radius 1 is 1.41 bits per heavy atom. The lowest BCUT2D eigenvalue weighted by Gasteiger charge is -2.09. The number of ketones is 1. The maximum Gasteiger partial charge on any atom is 0.249 e. The number of nitrogens with one attached hydrogen (secondary N) is 1. The molecule has 0 saturated heterocycles. The van der Waals surface area contributed by atoms with Gasteiger partial charge in [0.2, 0.25) is 5.91 Å². The fourth-order valence-corrected chi connectivity index (χ4v) is 2.28. The van der Waals surface area contributed by atoms with Crippen LogP contribution in [0, 0.1) is 17.2 Å². The average molecular weight is 360 g/mol. The van der Waals surface area contributed by atoms with Crippen LogP contribution in [-0.2, 0) is 9.59 Å². The van der Waals surface area contributed by atoms with E-state index >= 15 is 0 Å². The zero-order valence-electron chi connectivity index (χ0n) is 8.83. The Balaban J connectivity index is 2.88. The number of carbonyl (C=O) groups is 2. The van der Waals surface area contributed by atoms with E-state index in [9.17, 15) is 9.59 Å². The molecule has 0 aliphatic rings. The lowest BCUT2D eigenvalue weighted by atomic mass is 10.1. The number of anilines is 1. The van der Waals surface area contributed by atoms with Crippen LogP contribution in [0.15, 0.2) is 27.1 Å². The van der Waals surface area contributed by atoms with Gasteiger partial charge >= 0.3 is 0 Å². The smallest absolute Gasteiger partial charge is 0.249 e. The van der Waals surface area contributed by atoms with Crippen molar-refractivity contribution in [3.63, 3.8) is 0 Å². The van der Waals surface area contributed by atoms with Crippen molar-refractivity contribution in [3.05, 3.63) is 27.1 Å². The van der Waals surface area contributed by atoms with Crippen molar-refractivity contribution in [2.45, 2.75) is 6.92 Å². The maximum atomic E-state index is 11.6. The van der Waals surface area contributed by atoms with Crippen LogP contribution in [0.5, 0.6) is 0 Å². The molecule has 0 saturated carbocycles. The van der Waals surface area contributed by atoms with Crippen LogP contribution in [0.1, 0.15) is 6.92 Å². The molecule has 1 aromatic carbocycles. The van der Waals surface area contributed by atoms with E-state index in [4.69, 9.17) is 5.26 Å². The van der Waals surface area contributed by atoms with E-state index in [0.717, 1.165) is 4.47 Å². The molecule has 1 unspecified atom stereocenters. The van der Waals surface area contributed by atoms with Gasteiger partial charge in [-0.1, -0.05) is 15.9 Å². The molecule has 1 amide bonds. The molecule has 0 aliphatic carbocycles. The first-order valence-electron chi connectivity index (χ1n) is 4.61. The maximum absolute atomic E-state index is 11.6. The summed E-state index contributed by atoms with van der Waals surface area (Å²) in [5, 5.41) is 11.2. The van der Waals surface area contributed by atoms with E-state index in [1.165, 1.54) is 6.92 Å². The van der Waals surface area contributed by atoms with Crippen LogP contribution in [0.2, 0.25) is 0 Å². The van der Waals surface area contributed by atoms with Crippen LogP contribution in [0.25, 0.3) is 0 Å². The molecule has 1 rings (SSSR count). The molecule has 0 aliphatic heterocycles. The molecule has 0 bridgehead atoms. The van der Waals surface area contributed by atoms with Gasteiger partial charge in [0.05, 0.1) is 11.8 Å². The third-order valence-corrected chi connectivity index (χ3v) is 3.14. The van der Waals surface area contributed by atoms with Crippen molar-refractivity contribution in [1.82, 2.24) is 0 Å². The van der Waals surface area contributed by atoms with Crippen molar-refractivity contribution in [2.24, 2.45) is 5.92 Å². The number of rotatable bonds is 3. The second-order valence-electron chi connectivity index (χ2n) is 3.29. The van der Waals surface area contributed by atoms with Gasteiger partial charge in [0, 0.05) is 8.95 Å². The first kappa shape index (κ1) is 13.9. The van der Waals surface area contributed by atoms with Gasteiger partial charge in [-0.3, -0.25) is 9.59 Å². The fourth-order valence-electron chi connectivity index (χ4n) is 1.13. The van der Waals surface area contributed by atoms with E-state index in [1.807, 2.05) is 0 Å². The molecule has 1 aromatic rings. The first-order chi connectivity index (χ1) is 7.95. The minimum atomic E-state index is -1.27. The minimum Gasteiger partial charge on any atom is -0.324 e. The van der Waals surface area contributed by atoms with E-state index in [-0.39, 0.29) is 0 Å². The number of hydrogen-bond donors (Lipinski definition) is 1. The molecule has 88 valence electrons. The normalized spacial score (nSPS) is 11.4. The Hall–Kier alpha value is -1.19. The largest absolute Gasteiger partial charge is 0.324 e. The molecule has 0 radical (unpaired) electrons. The summed E-state index contributed by atoms with van der Waals surface area (Å²) in [6.45, 7) is 1.21. The van der Waals surface area contributed by atoms with E-state index in [1.54, 1.807) is 24.3 Å². The number of nitriles is 1.